The van der Waals surface area contributed by atoms with E-state index in [0.29, 0.717) is 5.69 Å². The Labute approximate surface area is 131 Å². The summed E-state index contributed by atoms with van der Waals surface area (Å²) in [5.74, 6) is -0.557. The van der Waals surface area contributed by atoms with E-state index in [1.807, 2.05) is 18.2 Å². The van der Waals surface area contributed by atoms with Crippen LogP contribution < -0.4 is 5.32 Å². The molecule has 0 fully saturated rings. The second-order valence-corrected chi connectivity index (χ2v) is 6.00. The Morgan fingerprint density at radius 1 is 1.14 bits per heavy atom. The topological polar surface area (TPSA) is 29.1 Å². The number of carbonyl (C=O) groups is 1. The summed E-state index contributed by atoms with van der Waals surface area (Å²) >= 11 is 1.66. The summed E-state index contributed by atoms with van der Waals surface area (Å²) in [5.41, 5.74) is 1.75. The van der Waals surface area contributed by atoms with Gasteiger partial charge >= 0.3 is 0 Å². The zero-order chi connectivity index (χ0) is 15.5. The van der Waals surface area contributed by atoms with Gasteiger partial charge in [0.05, 0.1) is 0 Å². The average Bonchev–Trinajstić information content (AvgIpc) is 2.84. The van der Waals surface area contributed by atoms with E-state index in [0.717, 1.165) is 4.88 Å². The predicted molar refractivity (Wildman–Crippen MR) is 90.6 cm³/mol. The third-order valence-corrected chi connectivity index (χ3v) is 4.62. The van der Waals surface area contributed by atoms with Gasteiger partial charge in [-0.15, -0.1) is 11.3 Å². The van der Waals surface area contributed by atoms with Crippen LogP contribution in [0, 0.1) is 12.7 Å². The van der Waals surface area contributed by atoms with Crippen LogP contribution >= 0.6 is 11.3 Å². The summed E-state index contributed by atoms with van der Waals surface area (Å²) < 4.78 is 14.0. The Kier molecular flexibility index (Phi) is 4.02. The van der Waals surface area contributed by atoms with Crippen molar-refractivity contribution in [2.24, 2.45) is 0 Å². The molecule has 3 rings (SSSR count). The van der Waals surface area contributed by atoms with Gasteiger partial charge in [-0.3, -0.25) is 4.79 Å². The number of halogens is 1. The number of benzene rings is 2. The normalized spacial score (nSPS) is 11.2. The molecule has 0 radical (unpaired) electrons. The zero-order valence-corrected chi connectivity index (χ0v) is 12.8. The summed E-state index contributed by atoms with van der Waals surface area (Å²) in [6.45, 7) is 2.05. The smallest absolute Gasteiger partial charge is 0.248 e. The van der Waals surface area contributed by atoms with Crippen molar-refractivity contribution in [3.05, 3.63) is 70.9 Å². The first-order valence-corrected chi connectivity index (χ1v) is 7.68. The van der Waals surface area contributed by atoms with Crippen molar-refractivity contribution in [2.75, 3.05) is 5.32 Å². The van der Waals surface area contributed by atoms with Crippen molar-refractivity contribution >= 4 is 39.1 Å². The second-order valence-electron chi connectivity index (χ2n) is 4.92. The van der Waals surface area contributed by atoms with E-state index < -0.39 is 0 Å². The molecule has 0 atom stereocenters. The van der Waals surface area contributed by atoms with Crippen molar-refractivity contribution in [2.45, 2.75) is 6.92 Å². The molecule has 1 aromatic heterocycles. The highest BCUT2D eigenvalue weighted by molar-refractivity contribution is 7.20. The van der Waals surface area contributed by atoms with Crippen LogP contribution in [0.15, 0.2) is 54.6 Å². The van der Waals surface area contributed by atoms with Crippen LogP contribution in [0.3, 0.4) is 0 Å². The molecule has 2 aromatic carbocycles. The second kappa shape index (κ2) is 6.12. The molecule has 1 amide bonds. The van der Waals surface area contributed by atoms with Gasteiger partial charge in [0.2, 0.25) is 5.91 Å². The molecule has 1 heterocycles. The zero-order valence-electron chi connectivity index (χ0n) is 12.0. The van der Waals surface area contributed by atoms with Crippen molar-refractivity contribution < 1.29 is 9.18 Å². The highest BCUT2D eigenvalue weighted by atomic mass is 32.1. The van der Waals surface area contributed by atoms with Gasteiger partial charge in [-0.2, -0.15) is 0 Å². The van der Waals surface area contributed by atoms with E-state index >= 15 is 0 Å². The average molecular weight is 311 g/mol. The maximum absolute atomic E-state index is 12.8. The minimum absolute atomic E-state index is 0.233. The molecule has 0 aliphatic heterocycles. The maximum atomic E-state index is 12.8. The molecule has 3 aromatic rings. The van der Waals surface area contributed by atoms with Crippen LogP contribution in [0.2, 0.25) is 0 Å². The number of carbonyl (C=O) groups excluding carboxylic acids is 1. The highest BCUT2D eigenvalue weighted by Crippen LogP contribution is 2.31. The lowest BCUT2D eigenvalue weighted by molar-refractivity contribution is -0.111. The van der Waals surface area contributed by atoms with Crippen molar-refractivity contribution in [3.63, 3.8) is 0 Å². The van der Waals surface area contributed by atoms with Gasteiger partial charge in [0.15, 0.2) is 0 Å². The molecule has 4 heteroatoms. The first-order chi connectivity index (χ1) is 10.6. The summed E-state index contributed by atoms with van der Waals surface area (Å²) in [6, 6.07) is 13.9. The van der Waals surface area contributed by atoms with E-state index in [-0.39, 0.29) is 11.7 Å². The van der Waals surface area contributed by atoms with Crippen LogP contribution in [0.25, 0.3) is 16.2 Å². The fourth-order valence-electron chi connectivity index (χ4n) is 2.22. The Bertz CT molecular complexity index is 849. The first-order valence-electron chi connectivity index (χ1n) is 6.86. The molecule has 0 bridgehead atoms. The molecule has 0 aliphatic rings. The fourth-order valence-corrected chi connectivity index (χ4v) is 3.33. The van der Waals surface area contributed by atoms with Crippen LogP contribution in [-0.2, 0) is 4.79 Å². The van der Waals surface area contributed by atoms with Crippen molar-refractivity contribution in [1.29, 1.82) is 0 Å². The third kappa shape index (κ3) is 3.07. The van der Waals surface area contributed by atoms with E-state index in [2.05, 4.69) is 24.4 Å². The van der Waals surface area contributed by atoms with Gasteiger partial charge in [0.25, 0.3) is 0 Å². The number of rotatable bonds is 3. The molecule has 0 unspecified atom stereocenters. The number of hydrogen-bond acceptors (Lipinski definition) is 2. The van der Waals surface area contributed by atoms with Crippen molar-refractivity contribution in [3.8, 4) is 0 Å². The van der Waals surface area contributed by atoms with E-state index in [9.17, 15) is 9.18 Å². The van der Waals surface area contributed by atoms with Crippen LogP contribution in [0.4, 0.5) is 10.1 Å². The SMILES string of the molecule is Cc1c(/C=C\C(=O)Nc2ccc(F)cc2)sc2ccccc12. The lowest BCUT2D eigenvalue weighted by Crippen LogP contribution is -2.07. The minimum Gasteiger partial charge on any atom is -0.323 e. The molecular formula is C18H14FNOS. The summed E-state index contributed by atoms with van der Waals surface area (Å²) in [6.07, 6.45) is 3.32. The summed E-state index contributed by atoms with van der Waals surface area (Å²) in [4.78, 5) is 13.0. The van der Waals surface area contributed by atoms with Gasteiger partial charge in [0.1, 0.15) is 5.82 Å². The van der Waals surface area contributed by atoms with Crippen molar-refractivity contribution in [1.82, 2.24) is 0 Å². The number of amides is 1. The van der Waals surface area contributed by atoms with Gasteiger partial charge in [-0.1, -0.05) is 18.2 Å². The largest absolute Gasteiger partial charge is 0.323 e. The lowest BCUT2D eigenvalue weighted by atomic mass is 10.1. The predicted octanol–water partition coefficient (Wildman–Crippen LogP) is 5.00. The molecule has 22 heavy (non-hydrogen) atoms. The Balaban J connectivity index is 1.76. The summed E-state index contributed by atoms with van der Waals surface area (Å²) in [7, 11) is 0. The van der Waals surface area contributed by atoms with Gasteiger partial charge < -0.3 is 5.32 Å². The number of anilines is 1. The lowest BCUT2D eigenvalue weighted by Gasteiger charge is -2.01. The molecular weight excluding hydrogens is 297 g/mol. The molecule has 0 saturated heterocycles. The van der Waals surface area contributed by atoms with Crippen LogP contribution in [-0.4, -0.2) is 5.91 Å². The number of fused-ring (bicyclic) bond motifs is 1. The quantitative estimate of drug-likeness (QED) is 0.678. The molecule has 110 valence electrons. The van der Waals surface area contributed by atoms with E-state index in [1.165, 1.54) is 46.0 Å². The molecule has 2 nitrogen and oxygen atoms in total. The summed E-state index contributed by atoms with van der Waals surface area (Å²) in [5, 5.41) is 3.92. The molecule has 0 spiro atoms. The van der Waals surface area contributed by atoms with E-state index in [4.69, 9.17) is 0 Å². The maximum Gasteiger partial charge on any atom is 0.248 e. The fraction of sp³-hybridized carbons (Fsp3) is 0.0556. The highest BCUT2D eigenvalue weighted by Gasteiger charge is 2.05. The number of nitrogens with one attached hydrogen (secondary N) is 1. The van der Waals surface area contributed by atoms with Gasteiger partial charge in [0, 0.05) is 21.3 Å². The monoisotopic (exact) mass is 311 g/mol. The molecule has 0 aliphatic carbocycles. The first kappa shape index (κ1) is 14.5. The van der Waals surface area contributed by atoms with Crippen LogP contribution in [0.5, 0.6) is 0 Å². The number of aryl methyl sites for hydroxylation is 1. The Morgan fingerprint density at radius 3 is 2.59 bits per heavy atom. The van der Waals surface area contributed by atoms with Gasteiger partial charge in [-0.05, 0) is 54.3 Å². The number of hydrogen-bond donors (Lipinski definition) is 1. The van der Waals surface area contributed by atoms with Gasteiger partial charge in [-0.25, -0.2) is 4.39 Å². The Hall–Kier alpha value is -2.46. The third-order valence-electron chi connectivity index (χ3n) is 3.38. The molecule has 1 N–H and O–H groups in total. The van der Waals surface area contributed by atoms with E-state index in [1.54, 1.807) is 11.3 Å². The molecule has 0 saturated carbocycles. The van der Waals surface area contributed by atoms with Crippen LogP contribution in [0.1, 0.15) is 10.4 Å². The standard InChI is InChI=1S/C18H14FNOS/c1-12-15-4-2-3-5-17(15)22-16(12)10-11-18(21)20-14-8-6-13(19)7-9-14/h2-11H,1H3,(H,20,21)/b11-10-. The minimum atomic E-state index is -0.325. The Morgan fingerprint density at radius 2 is 1.86 bits per heavy atom. The number of thiophene rings is 1.